The highest BCUT2D eigenvalue weighted by Crippen LogP contribution is 2.25. The van der Waals surface area contributed by atoms with Crippen molar-refractivity contribution in [3.05, 3.63) is 95.6 Å². The standard InChI is InChI=1S/C31H39N3O4S/c1-6-25(5)32-31(36)29(7-2)33(21-26-15-11-13-23(3)19-26)30(35)22-34(27-16-12-14-24(4)20-27)39(37,38)28-17-9-8-10-18-28/h8-20,25,29H,6-7,21-22H2,1-5H3,(H,32,36)/t25-,29+/m1/s1. The van der Waals surface area contributed by atoms with E-state index in [1.807, 2.05) is 65.0 Å². The van der Waals surface area contributed by atoms with E-state index in [-0.39, 0.29) is 23.4 Å². The Balaban J connectivity index is 2.05. The summed E-state index contributed by atoms with van der Waals surface area (Å²) in [5.41, 5.74) is 3.15. The van der Waals surface area contributed by atoms with E-state index >= 15 is 0 Å². The van der Waals surface area contributed by atoms with E-state index in [4.69, 9.17) is 0 Å². The minimum Gasteiger partial charge on any atom is -0.352 e. The Morgan fingerprint density at radius 2 is 1.49 bits per heavy atom. The number of carbonyl (C=O) groups is 2. The van der Waals surface area contributed by atoms with Gasteiger partial charge in [-0.05, 0) is 69.0 Å². The van der Waals surface area contributed by atoms with Crippen LogP contribution in [-0.2, 0) is 26.2 Å². The number of hydrogen-bond acceptors (Lipinski definition) is 4. The van der Waals surface area contributed by atoms with Crippen LogP contribution in [-0.4, -0.2) is 43.8 Å². The minimum atomic E-state index is -4.07. The summed E-state index contributed by atoms with van der Waals surface area (Å²) < 4.78 is 28.8. The second kappa shape index (κ2) is 13.4. The molecule has 1 N–H and O–H groups in total. The van der Waals surface area contributed by atoms with E-state index in [2.05, 4.69) is 5.32 Å². The fraction of sp³-hybridized carbons (Fsp3) is 0.355. The van der Waals surface area contributed by atoms with Crippen molar-refractivity contribution in [3.63, 3.8) is 0 Å². The van der Waals surface area contributed by atoms with Gasteiger partial charge in [0.05, 0.1) is 10.6 Å². The third-order valence-electron chi connectivity index (χ3n) is 6.72. The van der Waals surface area contributed by atoms with Gasteiger partial charge in [0.25, 0.3) is 10.0 Å². The third-order valence-corrected chi connectivity index (χ3v) is 8.51. The van der Waals surface area contributed by atoms with Crippen LogP contribution in [0.1, 0.15) is 50.3 Å². The molecule has 2 atom stereocenters. The van der Waals surface area contributed by atoms with Crippen LogP contribution in [0.25, 0.3) is 0 Å². The number of benzene rings is 3. The number of rotatable bonds is 12. The Kier molecular flexibility index (Phi) is 10.3. The van der Waals surface area contributed by atoms with Crippen molar-refractivity contribution in [2.45, 2.75) is 71.0 Å². The van der Waals surface area contributed by atoms with E-state index in [1.54, 1.807) is 36.4 Å². The molecule has 0 heterocycles. The van der Waals surface area contributed by atoms with Gasteiger partial charge in [-0.1, -0.05) is 74.0 Å². The molecule has 39 heavy (non-hydrogen) atoms. The van der Waals surface area contributed by atoms with Crippen molar-refractivity contribution in [3.8, 4) is 0 Å². The lowest BCUT2D eigenvalue weighted by atomic mass is 10.1. The molecule has 0 saturated heterocycles. The first kappa shape index (κ1) is 29.9. The van der Waals surface area contributed by atoms with E-state index in [0.717, 1.165) is 27.4 Å². The number of nitrogens with one attached hydrogen (secondary N) is 1. The zero-order chi connectivity index (χ0) is 28.6. The number of nitrogens with zero attached hydrogens (tertiary/aromatic N) is 2. The summed E-state index contributed by atoms with van der Waals surface area (Å²) in [5, 5.41) is 3.00. The number of hydrogen-bond donors (Lipinski definition) is 1. The van der Waals surface area contributed by atoms with Crippen LogP contribution in [0, 0.1) is 13.8 Å². The quantitative estimate of drug-likeness (QED) is 0.336. The Labute approximate surface area is 232 Å². The average molecular weight is 550 g/mol. The highest BCUT2D eigenvalue weighted by atomic mass is 32.2. The van der Waals surface area contributed by atoms with Gasteiger partial charge in [0, 0.05) is 12.6 Å². The van der Waals surface area contributed by atoms with Gasteiger partial charge in [-0.3, -0.25) is 13.9 Å². The van der Waals surface area contributed by atoms with Crippen molar-refractivity contribution in [1.82, 2.24) is 10.2 Å². The summed E-state index contributed by atoms with van der Waals surface area (Å²) in [5.74, 6) is -0.704. The topological polar surface area (TPSA) is 86.8 Å². The van der Waals surface area contributed by atoms with Crippen LogP contribution in [0.3, 0.4) is 0 Å². The summed E-state index contributed by atoms with van der Waals surface area (Å²) in [6, 6.07) is 22.1. The van der Waals surface area contributed by atoms with Crippen LogP contribution >= 0.6 is 0 Å². The van der Waals surface area contributed by atoms with Gasteiger partial charge in [0.1, 0.15) is 12.6 Å². The van der Waals surface area contributed by atoms with Crippen molar-refractivity contribution >= 4 is 27.5 Å². The van der Waals surface area contributed by atoms with Crippen LogP contribution in [0.4, 0.5) is 5.69 Å². The summed E-state index contributed by atoms with van der Waals surface area (Å²) in [6.45, 7) is 9.33. The van der Waals surface area contributed by atoms with Gasteiger partial charge in [-0.15, -0.1) is 0 Å². The highest BCUT2D eigenvalue weighted by molar-refractivity contribution is 7.92. The maximum absolute atomic E-state index is 14.1. The second-order valence-electron chi connectivity index (χ2n) is 9.92. The van der Waals surface area contributed by atoms with E-state index in [1.165, 1.54) is 17.0 Å². The molecule has 3 rings (SSSR count). The van der Waals surface area contributed by atoms with Crippen molar-refractivity contribution in [2.75, 3.05) is 10.8 Å². The summed E-state index contributed by atoms with van der Waals surface area (Å²) in [6.07, 6.45) is 1.14. The molecule has 0 aliphatic rings. The molecule has 7 nitrogen and oxygen atoms in total. The summed E-state index contributed by atoms with van der Waals surface area (Å²) in [7, 11) is -4.07. The van der Waals surface area contributed by atoms with Gasteiger partial charge < -0.3 is 10.2 Å². The van der Waals surface area contributed by atoms with Gasteiger partial charge in [-0.25, -0.2) is 8.42 Å². The average Bonchev–Trinajstić information content (AvgIpc) is 2.91. The molecule has 0 aromatic heterocycles. The van der Waals surface area contributed by atoms with Crippen molar-refractivity contribution in [1.29, 1.82) is 0 Å². The Morgan fingerprint density at radius 1 is 0.846 bits per heavy atom. The normalized spacial score (nSPS) is 12.8. The van der Waals surface area contributed by atoms with Gasteiger partial charge >= 0.3 is 0 Å². The van der Waals surface area contributed by atoms with Crippen LogP contribution < -0.4 is 9.62 Å². The zero-order valence-electron chi connectivity index (χ0n) is 23.4. The third kappa shape index (κ3) is 7.69. The molecule has 0 saturated carbocycles. The predicted octanol–water partition coefficient (Wildman–Crippen LogP) is 5.22. The number of carbonyl (C=O) groups excluding carboxylic acids is 2. The Bertz CT molecular complexity index is 1380. The fourth-order valence-corrected chi connectivity index (χ4v) is 5.83. The number of amides is 2. The molecule has 0 fully saturated rings. The van der Waals surface area contributed by atoms with Crippen LogP contribution in [0.15, 0.2) is 83.8 Å². The molecular weight excluding hydrogens is 510 g/mol. The molecule has 8 heteroatoms. The van der Waals surface area contributed by atoms with Gasteiger partial charge in [0.2, 0.25) is 11.8 Å². The number of sulfonamides is 1. The molecule has 0 spiro atoms. The smallest absolute Gasteiger partial charge is 0.264 e. The molecule has 0 aliphatic heterocycles. The predicted molar refractivity (Wildman–Crippen MR) is 156 cm³/mol. The molecule has 0 unspecified atom stereocenters. The summed E-state index contributed by atoms with van der Waals surface area (Å²) in [4.78, 5) is 29.0. The fourth-order valence-electron chi connectivity index (χ4n) is 4.40. The number of aryl methyl sites for hydroxylation is 2. The lowest BCUT2D eigenvalue weighted by Crippen LogP contribution is -2.53. The molecule has 0 bridgehead atoms. The van der Waals surface area contributed by atoms with Crippen LogP contribution in [0.5, 0.6) is 0 Å². The Hall–Kier alpha value is -3.65. The lowest BCUT2D eigenvalue weighted by Gasteiger charge is -2.34. The van der Waals surface area contributed by atoms with Crippen molar-refractivity contribution < 1.29 is 18.0 Å². The Morgan fingerprint density at radius 3 is 2.08 bits per heavy atom. The molecule has 0 radical (unpaired) electrons. The molecule has 3 aromatic rings. The van der Waals surface area contributed by atoms with Gasteiger partial charge in [-0.2, -0.15) is 0 Å². The summed E-state index contributed by atoms with van der Waals surface area (Å²) >= 11 is 0. The van der Waals surface area contributed by atoms with E-state index in [0.29, 0.717) is 12.1 Å². The first-order valence-electron chi connectivity index (χ1n) is 13.4. The maximum Gasteiger partial charge on any atom is 0.264 e. The SMILES string of the molecule is CC[C@@H](C)NC(=O)[C@H](CC)N(Cc1cccc(C)c1)C(=O)CN(c1cccc(C)c1)S(=O)(=O)c1ccccc1. The molecular formula is C31H39N3O4S. The van der Waals surface area contributed by atoms with Crippen molar-refractivity contribution in [2.24, 2.45) is 0 Å². The zero-order valence-corrected chi connectivity index (χ0v) is 24.2. The maximum atomic E-state index is 14.1. The lowest BCUT2D eigenvalue weighted by molar-refractivity contribution is -0.140. The number of anilines is 1. The van der Waals surface area contributed by atoms with E-state index < -0.39 is 28.5 Å². The monoisotopic (exact) mass is 549 g/mol. The first-order chi connectivity index (χ1) is 18.6. The van der Waals surface area contributed by atoms with Crippen LogP contribution in [0.2, 0.25) is 0 Å². The van der Waals surface area contributed by atoms with E-state index in [9.17, 15) is 18.0 Å². The molecule has 2 amide bonds. The second-order valence-corrected chi connectivity index (χ2v) is 11.8. The minimum absolute atomic E-state index is 0.0512. The highest BCUT2D eigenvalue weighted by Gasteiger charge is 2.34. The molecule has 3 aromatic carbocycles. The largest absolute Gasteiger partial charge is 0.352 e. The molecule has 208 valence electrons. The molecule has 0 aliphatic carbocycles. The van der Waals surface area contributed by atoms with Gasteiger partial charge in [0.15, 0.2) is 0 Å². The first-order valence-corrected chi connectivity index (χ1v) is 14.8.